The van der Waals surface area contributed by atoms with Crippen LogP contribution < -0.4 is 9.21 Å². The standard InChI is InChI=1S/C20H21ClN2O4S/c1-4-22(15-8-6-5-7-9-15)18(24)14-10-11-16(21)17(12-14)23-19(25)20(2,3)13-28(23,26)27/h5-12H,4,13H2,1-3H3. The Morgan fingerprint density at radius 1 is 1.18 bits per heavy atom. The van der Waals surface area contributed by atoms with Crippen molar-refractivity contribution in [2.75, 3.05) is 21.5 Å². The number of anilines is 2. The van der Waals surface area contributed by atoms with Gasteiger partial charge in [0, 0.05) is 17.8 Å². The molecule has 3 rings (SSSR count). The highest BCUT2D eigenvalue weighted by molar-refractivity contribution is 7.94. The third-order valence-electron chi connectivity index (χ3n) is 4.63. The van der Waals surface area contributed by atoms with Gasteiger partial charge in [-0.3, -0.25) is 9.59 Å². The van der Waals surface area contributed by atoms with E-state index in [-0.39, 0.29) is 27.9 Å². The molecule has 0 bridgehead atoms. The molecule has 0 saturated carbocycles. The van der Waals surface area contributed by atoms with E-state index in [1.807, 2.05) is 37.3 Å². The first-order valence-electron chi connectivity index (χ1n) is 8.82. The minimum atomic E-state index is -3.87. The zero-order valence-corrected chi connectivity index (χ0v) is 17.4. The molecule has 1 aliphatic heterocycles. The minimum Gasteiger partial charge on any atom is -0.309 e. The Kier molecular flexibility index (Phi) is 5.25. The molecule has 0 atom stereocenters. The van der Waals surface area contributed by atoms with Gasteiger partial charge in [0.25, 0.3) is 5.91 Å². The minimum absolute atomic E-state index is 0.00667. The Labute approximate surface area is 169 Å². The molecular weight excluding hydrogens is 400 g/mol. The molecule has 148 valence electrons. The van der Waals surface area contributed by atoms with Crippen LogP contribution in [-0.4, -0.2) is 32.5 Å². The van der Waals surface area contributed by atoms with E-state index >= 15 is 0 Å². The number of hydrogen-bond donors (Lipinski definition) is 0. The second kappa shape index (κ2) is 7.22. The van der Waals surface area contributed by atoms with Gasteiger partial charge in [-0.15, -0.1) is 0 Å². The van der Waals surface area contributed by atoms with Gasteiger partial charge in [0.1, 0.15) is 0 Å². The highest BCUT2D eigenvalue weighted by atomic mass is 35.5. The summed E-state index contributed by atoms with van der Waals surface area (Å²) < 4.78 is 25.9. The lowest BCUT2D eigenvalue weighted by atomic mass is 9.95. The summed E-state index contributed by atoms with van der Waals surface area (Å²) in [5.74, 6) is -1.18. The highest BCUT2D eigenvalue weighted by Gasteiger charge is 2.50. The quantitative estimate of drug-likeness (QED) is 0.755. The molecule has 1 saturated heterocycles. The third kappa shape index (κ3) is 3.52. The predicted molar refractivity (Wildman–Crippen MR) is 110 cm³/mol. The maximum Gasteiger partial charge on any atom is 0.258 e. The first-order chi connectivity index (χ1) is 13.1. The molecule has 1 aliphatic rings. The largest absolute Gasteiger partial charge is 0.309 e. The van der Waals surface area contributed by atoms with Gasteiger partial charge in [-0.2, -0.15) is 0 Å². The summed E-state index contributed by atoms with van der Waals surface area (Å²) in [5, 5.41) is 0.0916. The van der Waals surface area contributed by atoms with Crippen molar-refractivity contribution in [3.63, 3.8) is 0 Å². The second-order valence-electron chi connectivity index (χ2n) is 7.26. The van der Waals surface area contributed by atoms with Gasteiger partial charge in [-0.1, -0.05) is 29.8 Å². The van der Waals surface area contributed by atoms with Crippen molar-refractivity contribution >= 4 is 44.8 Å². The van der Waals surface area contributed by atoms with E-state index in [1.54, 1.807) is 18.7 Å². The lowest BCUT2D eigenvalue weighted by molar-refractivity contribution is -0.123. The van der Waals surface area contributed by atoms with Crippen molar-refractivity contribution in [2.24, 2.45) is 5.41 Å². The molecule has 2 aromatic rings. The van der Waals surface area contributed by atoms with Gasteiger partial charge in [0.05, 0.1) is 21.9 Å². The van der Waals surface area contributed by atoms with Gasteiger partial charge in [-0.05, 0) is 51.1 Å². The van der Waals surface area contributed by atoms with Gasteiger partial charge in [0.2, 0.25) is 15.9 Å². The summed E-state index contributed by atoms with van der Waals surface area (Å²) in [7, 11) is -3.87. The summed E-state index contributed by atoms with van der Waals surface area (Å²) in [5.41, 5.74) is -0.0793. The number of benzene rings is 2. The van der Waals surface area contributed by atoms with Gasteiger partial charge in [-0.25, -0.2) is 12.7 Å². The number of nitrogens with zero attached hydrogens (tertiary/aromatic N) is 2. The Balaban J connectivity index is 2.05. The molecule has 0 unspecified atom stereocenters. The number of carbonyl (C=O) groups excluding carboxylic acids is 2. The number of para-hydroxylation sites is 1. The van der Waals surface area contributed by atoms with Gasteiger partial charge < -0.3 is 4.90 Å². The SMILES string of the molecule is CCN(C(=O)c1ccc(Cl)c(N2C(=O)C(C)(C)CS2(=O)=O)c1)c1ccccc1. The molecule has 2 amide bonds. The Morgan fingerprint density at radius 2 is 1.82 bits per heavy atom. The van der Waals surface area contributed by atoms with E-state index in [9.17, 15) is 18.0 Å². The van der Waals surface area contributed by atoms with Crippen molar-refractivity contribution < 1.29 is 18.0 Å². The van der Waals surface area contributed by atoms with Crippen LogP contribution in [0.1, 0.15) is 31.1 Å². The average molecular weight is 421 g/mol. The number of carbonyl (C=O) groups is 2. The number of amides is 2. The van der Waals surface area contributed by atoms with Gasteiger partial charge in [0.15, 0.2) is 0 Å². The Morgan fingerprint density at radius 3 is 2.36 bits per heavy atom. The van der Waals surface area contributed by atoms with Crippen molar-refractivity contribution in [1.82, 2.24) is 0 Å². The molecule has 0 radical (unpaired) electrons. The molecule has 8 heteroatoms. The van der Waals surface area contributed by atoms with Crippen LogP contribution in [0.4, 0.5) is 11.4 Å². The molecule has 1 heterocycles. The first-order valence-corrected chi connectivity index (χ1v) is 10.8. The number of halogens is 1. The fourth-order valence-corrected chi connectivity index (χ4v) is 5.62. The fraction of sp³-hybridized carbons (Fsp3) is 0.300. The van der Waals surface area contributed by atoms with Crippen molar-refractivity contribution in [1.29, 1.82) is 0 Å². The molecule has 0 aliphatic carbocycles. The third-order valence-corrected chi connectivity index (χ3v) is 6.95. The lowest BCUT2D eigenvalue weighted by Crippen LogP contribution is -2.34. The summed E-state index contributed by atoms with van der Waals surface area (Å²) in [6.45, 7) is 5.42. The maximum absolute atomic E-state index is 13.1. The van der Waals surface area contributed by atoms with E-state index in [4.69, 9.17) is 11.6 Å². The predicted octanol–water partition coefficient (Wildman–Crippen LogP) is 3.71. The average Bonchev–Trinajstić information content (AvgIpc) is 2.80. The summed E-state index contributed by atoms with van der Waals surface area (Å²) in [6, 6.07) is 13.5. The van der Waals surface area contributed by atoms with Crippen LogP contribution in [0.15, 0.2) is 48.5 Å². The van der Waals surface area contributed by atoms with Crippen molar-refractivity contribution in [2.45, 2.75) is 20.8 Å². The molecule has 0 N–H and O–H groups in total. The summed E-state index contributed by atoms with van der Waals surface area (Å²) in [6.07, 6.45) is 0. The molecule has 6 nitrogen and oxygen atoms in total. The van der Waals surface area contributed by atoms with Crippen LogP contribution in [0.3, 0.4) is 0 Å². The molecule has 2 aromatic carbocycles. The zero-order valence-electron chi connectivity index (χ0n) is 15.8. The zero-order chi connectivity index (χ0) is 20.7. The summed E-state index contributed by atoms with van der Waals surface area (Å²) in [4.78, 5) is 27.3. The lowest BCUT2D eigenvalue weighted by Gasteiger charge is -2.23. The van der Waals surface area contributed by atoms with E-state index in [0.29, 0.717) is 6.54 Å². The summed E-state index contributed by atoms with van der Waals surface area (Å²) >= 11 is 6.21. The number of sulfonamides is 1. The van der Waals surface area contributed by atoms with Crippen LogP contribution in [0, 0.1) is 5.41 Å². The maximum atomic E-state index is 13.1. The Bertz CT molecular complexity index is 1040. The monoisotopic (exact) mass is 420 g/mol. The normalized spacial score (nSPS) is 17.6. The van der Waals surface area contributed by atoms with Crippen molar-refractivity contribution in [3.8, 4) is 0 Å². The Hall–Kier alpha value is -2.38. The van der Waals surface area contributed by atoms with Crippen LogP contribution in [0.5, 0.6) is 0 Å². The van der Waals surface area contributed by atoms with E-state index in [2.05, 4.69) is 0 Å². The molecule has 1 fully saturated rings. The van der Waals surface area contributed by atoms with Crippen LogP contribution in [0.2, 0.25) is 5.02 Å². The molecular formula is C20H21ClN2O4S. The highest BCUT2D eigenvalue weighted by Crippen LogP contribution is 2.39. The molecule has 0 spiro atoms. The number of rotatable bonds is 4. The topological polar surface area (TPSA) is 74.8 Å². The van der Waals surface area contributed by atoms with Gasteiger partial charge >= 0.3 is 0 Å². The number of hydrogen-bond acceptors (Lipinski definition) is 4. The van der Waals surface area contributed by atoms with E-state index in [1.165, 1.54) is 18.2 Å². The molecule has 28 heavy (non-hydrogen) atoms. The molecule has 0 aromatic heterocycles. The second-order valence-corrected chi connectivity index (χ2v) is 9.49. The van der Waals surface area contributed by atoms with Crippen molar-refractivity contribution in [3.05, 3.63) is 59.1 Å². The fourth-order valence-electron chi connectivity index (χ4n) is 3.25. The van der Waals surface area contributed by atoms with Crippen LogP contribution in [-0.2, 0) is 14.8 Å². The van der Waals surface area contributed by atoms with E-state index < -0.39 is 21.3 Å². The van der Waals surface area contributed by atoms with Crippen LogP contribution >= 0.6 is 11.6 Å². The smallest absolute Gasteiger partial charge is 0.258 e. The van der Waals surface area contributed by atoms with E-state index in [0.717, 1.165) is 9.99 Å². The first kappa shape index (κ1) is 20.4. The van der Waals surface area contributed by atoms with Crippen LogP contribution in [0.25, 0.3) is 0 Å².